The van der Waals surface area contributed by atoms with Gasteiger partial charge in [0, 0.05) is 0 Å². The summed E-state index contributed by atoms with van der Waals surface area (Å²) in [6, 6.07) is 14.3. The molecule has 3 heteroatoms. The fraction of sp³-hybridized carbons (Fsp3) is 0.250. The summed E-state index contributed by atoms with van der Waals surface area (Å²) >= 11 is 0. The van der Waals surface area contributed by atoms with Crippen molar-refractivity contribution in [3.8, 4) is 11.5 Å². The van der Waals surface area contributed by atoms with E-state index in [9.17, 15) is 4.39 Å². The van der Waals surface area contributed by atoms with Gasteiger partial charge < -0.3 is 9.47 Å². The number of aryl methyl sites for hydroxylation is 1. The molecule has 2 nitrogen and oxygen atoms in total. The lowest BCUT2D eigenvalue weighted by atomic mass is 10.2. The van der Waals surface area contributed by atoms with E-state index in [1.165, 1.54) is 11.6 Å². The SMILES string of the molecule is CCc1cccc(OCCOc2ccccc2F)c1. The lowest BCUT2D eigenvalue weighted by Gasteiger charge is -2.09. The van der Waals surface area contributed by atoms with Gasteiger partial charge in [-0.25, -0.2) is 4.39 Å². The van der Waals surface area contributed by atoms with Crippen molar-refractivity contribution in [3.63, 3.8) is 0 Å². The van der Waals surface area contributed by atoms with Gasteiger partial charge in [-0.3, -0.25) is 0 Å². The largest absolute Gasteiger partial charge is 0.490 e. The van der Waals surface area contributed by atoms with Gasteiger partial charge in [-0.1, -0.05) is 31.2 Å². The van der Waals surface area contributed by atoms with E-state index in [-0.39, 0.29) is 11.6 Å². The molecule has 0 aliphatic heterocycles. The third kappa shape index (κ3) is 3.98. The molecule has 0 heterocycles. The van der Waals surface area contributed by atoms with Crippen molar-refractivity contribution in [2.24, 2.45) is 0 Å². The van der Waals surface area contributed by atoms with Crippen LogP contribution in [0, 0.1) is 5.82 Å². The summed E-state index contributed by atoms with van der Waals surface area (Å²) in [6.45, 7) is 2.80. The van der Waals surface area contributed by atoms with Crippen LogP contribution in [0.5, 0.6) is 11.5 Å². The van der Waals surface area contributed by atoms with Gasteiger partial charge in [0.2, 0.25) is 0 Å². The summed E-state index contributed by atoms with van der Waals surface area (Å²) in [4.78, 5) is 0. The van der Waals surface area contributed by atoms with E-state index in [2.05, 4.69) is 13.0 Å². The first-order chi connectivity index (χ1) is 9.29. The molecular formula is C16H17FO2. The maximum absolute atomic E-state index is 13.3. The van der Waals surface area contributed by atoms with Crippen LogP contribution in [-0.2, 0) is 6.42 Å². The molecule has 0 fully saturated rings. The number of ether oxygens (including phenoxy) is 2. The van der Waals surface area contributed by atoms with E-state index < -0.39 is 0 Å². The second-order valence-electron chi connectivity index (χ2n) is 4.13. The Bertz CT molecular complexity index is 526. The van der Waals surface area contributed by atoms with Crippen LogP contribution in [0.4, 0.5) is 4.39 Å². The molecule has 0 saturated carbocycles. The third-order valence-electron chi connectivity index (χ3n) is 2.75. The normalized spacial score (nSPS) is 10.2. The Balaban J connectivity index is 1.79. The highest BCUT2D eigenvalue weighted by atomic mass is 19.1. The maximum Gasteiger partial charge on any atom is 0.165 e. The van der Waals surface area contributed by atoms with Gasteiger partial charge >= 0.3 is 0 Å². The minimum absolute atomic E-state index is 0.258. The van der Waals surface area contributed by atoms with Crippen molar-refractivity contribution in [3.05, 3.63) is 59.9 Å². The molecular weight excluding hydrogens is 243 g/mol. The summed E-state index contributed by atoms with van der Waals surface area (Å²) < 4.78 is 24.2. The molecule has 100 valence electrons. The lowest BCUT2D eigenvalue weighted by molar-refractivity contribution is 0.211. The standard InChI is InChI=1S/C16H17FO2/c1-2-13-6-5-7-14(12-13)18-10-11-19-16-9-4-3-8-15(16)17/h3-9,12H,2,10-11H2,1H3. The molecule has 0 bridgehead atoms. The average Bonchev–Trinajstić information content (AvgIpc) is 2.45. The topological polar surface area (TPSA) is 18.5 Å². The Morgan fingerprint density at radius 1 is 0.947 bits per heavy atom. The Morgan fingerprint density at radius 3 is 2.53 bits per heavy atom. The fourth-order valence-electron chi connectivity index (χ4n) is 1.73. The van der Waals surface area contributed by atoms with Gasteiger partial charge in [0.1, 0.15) is 19.0 Å². The van der Waals surface area contributed by atoms with Gasteiger partial charge in [-0.2, -0.15) is 0 Å². The van der Waals surface area contributed by atoms with E-state index in [1.807, 2.05) is 18.2 Å². The lowest BCUT2D eigenvalue weighted by Crippen LogP contribution is -2.09. The molecule has 0 saturated heterocycles. The maximum atomic E-state index is 13.3. The molecule has 2 aromatic carbocycles. The van der Waals surface area contributed by atoms with Crippen LogP contribution in [0.25, 0.3) is 0 Å². The zero-order chi connectivity index (χ0) is 13.5. The van der Waals surface area contributed by atoms with E-state index >= 15 is 0 Å². The van der Waals surface area contributed by atoms with Crippen LogP contribution >= 0.6 is 0 Å². The summed E-state index contributed by atoms with van der Waals surface area (Å²) in [6.07, 6.45) is 0.975. The zero-order valence-corrected chi connectivity index (χ0v) is 10.9. The van der Waals surface area contributed by atoms with Crippen LogP contribution in [0.1, 0.15) is 12.5 Å². The number of benzene rings is 2. The first kappa shape index (κ1) is 13.4. The molecule has 0 aliphatic carbocycles. The van der Waals surface area contributed by atoms with Gasteiger partial charge in [0.15, 0.2) is 11.6 Å². The number of rotatable bonds is 6. The van der Waals surface area contributed by atoms with Crippen LogP contribution in [0.15, 0.2) is 48.5 Å². The predicted molar refractivity (Wildman–Crippen MR) is 73.2 cm³/mol. The summed E-state index contributed by atoms with van der Waals surface area (Å²) in [7, 11) is 0. The van der Waals surface area contributed by atoms with Crippen molar-refractivity contribution in [1.29, 1.82) is 0 Å². The first-order valence-electron chi connectivity index (χ1n) is 6.38. The molecule has 2 aromatic rings. The fourth-order valence-corrected chi connectivity index (χ4v) is 1.73. The van der Waals surface area contributed by atoms with Crippen molar-refractivity contribution in [2.75, 3.05) is 13.2 Å². The van der Waals surface area contributed by atoms with Crippen molar-refractivity contribution in [2.45, 2.75) is 13.3 Å². The monoisotopic (exact) mass is 260 g/mol. The molecule has 0 aliphatic rings. The van der Waals surface area contributed by atoms with E-state index in [0.29, 0.717) is 13.2 Å². The zero-order valence-electron chi connectivity index (χ0n) is 10.9. The number of hydrogen-bond acceptors (Lipinski definition) is 2. The van der Waals surface area contributed by atoms with Gasteiger partial charge in [0.25, 0.3) is 0 Å². The minimum atomic E-state index is -0.351. The molecule has 0 atom stereocenters. The van der Waals surface area contributed by atoms with Crippen LogP contribution in [0.2, 0.25) is 0 Å². The molecule has 0 radical (unpaired) electrons. The highest BCUT2D eigenvalue weighted by Crippen LogP contribution is 2.16. The Labute approximate surface area is 112 Å². The Morgan fingerprint density at radius 2 is 1.74 bits per heavy atom. The minimum Gasteiger partial charge on any atom is -0.490 e. The van der Waals surface area contributed by atoms with Crippen LogP contribution in [0.3, 0.4) is 0 Å². The molecule has 0 unspecified atom stereocenters. The quantitative estimate of drug-likeness (QED) is 0.734. The van der Waals surface area contributed by atoms with Gasteiger partial charge in [-0.15, -0.1) is 0 Å². The number of para-hydroxylation sites is 1. The van der Waals surface area contributed by atoms with E-state index in [0.717, 1.165) is 12.2 Å². The highest BCUT2D eigenvalue weighted by Gasteiger charge is 2.01. The first-order valence-corrected chi connectivity index (χ1v) is 6.38. The van der Waals surface area contributed by atoms with E-state index in [1.54, 1.807) is 18.2 Å². The van der Waals surface area contributed by atoms with Crippen LogP contribution in [-0.4, -0.2) is 13.2 Å². The Kier molecular flexibility index (Phi) is 4.78. The summed E-state index contributed by atoms with van der Waals surface area (Å²) in [5, 5.41) is 0. The summed E-state index contributed by atoms with van der Waals surface area (Å²) in [5.74, 6) is 0.723. The molecule has 0 amide bonds. The third-order valence-corrected chi connectivity index (χ3v) is 2.75. The Hall–Kier alpha value is -2.03. The summed E-state index contributed by atoms with van der Waals surface area (Å²) in [5.41, 5.74) is 1.23. The average molecular weight is 260 g/mol. The van der Waals surface area contributed by atoms with Crippen LogP contribution < -0.4 is 9.47 Å². The number of hydrogen-bond donors (Lipinski definition) is 0. The smallest absolute Gasteiger partial charge is 0.165 e. The molecule has 2 rings (SSSR count). The predicted octanol–water partition coefficient (Wildman–Crippen LogP) is 3.85. The second-order valence-corrected chi connectivity index (χ2v) is 4.13. The molecule has 0 spiro atoms. The van der Waals surface area contributed by atoms with Gasteiger partial charge in [0.05, 0.1) is 0 Å². The van der Waals surface area contributed by atoms with E-state index in [4.69, 9.17) is 9.47 Å². The van der Waals surface area contributed by atoms with Crippen molar-refractivity contribution >= 4 is 0 Å². The van der Waals surface area contributed by atoms with Crippen molar-refractivity contribution < 1.29 is 13.9 Å². The number of halogens is 1. The van der Waals surface area contributed by atoms with Crippen molar-refractivity contribution in [1.82, 2.24) is 0 Å². The highest BCUT2D eigenvalue weighted by molar-refractivity contribution is 5.28. The molecule has 0 N–H and O–H groups in total. The van der Waals surface area contributed by atoms with Gasteiger partial charge in [-0.05, 0) is 36.2 Å². The molecule has 0 aromatic heterocycles. The second kappa shape index (κ2) is 6.78. The molecule has 19 heavy (non-hydrogen) atoms.